The molecule has 94 valence electrons. The number of hydrogen-bond donors (Lipinski definition) is 1. The average molecular weight is 236 g/mol. The molecule has 0 atom stereocenters. The second kappa shape index (κ2) is 4.65. The van der Waals surface area contributed by atoms with Crippen LogP contribution in [0.5, 0.6) is 0 Å². The maximum Gasteiger partial charge on any atom is 0.123 e. The van der Waals surface area contributed by atoms with Crippen LogP contribution in [0.25, 0.3) is 0 Å². The van der Waals surface area contributed by atoms with Gasteiger partial charge in [0.15, 0.2) is 0 Å². The van der Waals surface area contributed by atoms with Gasteiger partial charge < -0.3 is 10.6 Å². The summed E-state index contributed by atoms with van der Waals surface area (Å²) in [5.74, 6) is -0.194. The van der Waals surface area contributed by atoms with E-state index in [1.807, 2.05) is 25.1 Å². The highest BCUT2D eigenvalue weighted by atomic mass is 19.1. The van der Waals surface area contributed by atoms with Gasteiger partial charge >= 0.3 is 0 Å². The number of rotatable bonds is 2. The summed E-state index contributed by atoms with van der Waals surface area (Å²) >= 11 is 0. The topological polar surface area (TPSA) is 29.3 Å². The number of anilines is 1. The molecule has 0 heterocycles. The van der Waals surface area contributed by atoms with E-state index in [4.69, 9.17) is 5.73 Å². The van der Waals surface area contributed by atoms with E-state index in [1.165, 1.54) is 12.5 Å². The van der Waals surface area contributed by atoms with E-state index in [-0.39, 0.29) is 11.4 Å². The molecular formula is C14H21FN2. The van der Waals surface area contributed by atoms with Crippen molar-refractivity contribution in [1.29, 1.82) is 0 Å². The smallest absolute Gasteiger partial charge is 0.123 e. The van der Waals surface area contributed by atoms with E-state index in [1.54, 1.807) is 6.07 Å². The Hall–Kier alpha value is -1.09. The number of halogens is 1. The summed E-state index contributed by atoms with van der Waals surface area (Å²) in [7, 11) is 3.95. The zero-order chi connectivity index (χ0) is 12.5. The minimum atomic E-state index is -0.347. The van der Waals surface area contributed by atoms with Gasteiger partial charge in [0.25, 0.3) is 0 Å². The normalized spacial score (nSPS) is 19.1. The van der Waals surface area contributed by atoms with Crippen molar-refractivity contribution in [3.63, 3.8) is 0 Å². The Balaban J connectivity index is 2.44. The molecule has 0 spiro atoms. The highest BCUT2D eigenvalue weighted by molar-refractivity contribution is 5.56. The van der Waals surface area contributed by atoms with E-state index in [0.29, 0.717) is 0 Å². The third-order valence-electron chi connectivity index (χ3n) is 3.72. The van der Waals surface area contributed by atoms with Gasteiger partial charge in [-0.3, -0.25) is 0 Å². The second-order valence-corrected chi connectivity index (χ2v) is 5.27. The van der Waals surface area contributed by atoms with Crippen LogP contribution in [0, 0.1) is 5.82 Å². The fourth-order valence-corrected chi connectivity index (χ4v) is 2.75. The van der Waals surface area contributed by atoms with Crippen molar-refractivity contribution in [3.05, 3.63) is 29.6 Å². The predicted octanol–water partition coefficient (Wildman–Crippen LogP) is 3.01. The SMILES string of the molecule is CN(C)c1ccc(F)cc1C1(N)CCCCC1. The van der Waals surface area contributed by atoms with Gasteiger partial charge in [-0.2, -0.15) is 0 Å². The standard InChI is InChI=1S/C14H21FN2/c1-17(2)13-7-6-11(15)10-12(13)14(16)8-4-3-5-9-14/h6-7,10H,3-5,8-9,16H2,1-2H3. The van der Waals surface area contributed by atoms with E-state index in [9.17, 15) is 4.39 Å². The molecule has 0 saturated heterocycles. The lowest BCUT2D eigenvalue weighted by Gasteiger charge is -2.36. The molecule has 1 saturated carbocycles. The molecule has 1 aromatic rings. The quantitative estimate of drug-likeness (QED) is 0.855. The fraction of sp³-hybridized carbons (Fsp3) is 0.571. The van der Waals surface area contributed by atoms with Gasteiger partial charge in [-0.1, -0.05) is 19.3 Å². The van der Waals surface area contributed by atoms with Crippen LogP contribution in [0.1, 0.15) is 37.7 Å². The first-order chi connectivity index (χ1) is 8.03. The molecular weight excluding hydrogens is 215 g/mol. The Morgan fingerprint density at radius 2 is 1.82 bits per heavy atom. The van der Waals surface area contributed by atoms with Crippen LogP contribution in [0.2, 0.25) is 0 Å². The molecule has 1 aliphatic rings. The number of benzene rings is 1. The van der Waals surface area contributed by atoms with E-state index < -0.39 is 0 Å². The molecule has 2 nitrogen and oxygen atoms in total. The van der Waals surface area contributed by atoms with E-state index >= 15 is 0 Å². The predicted molar refractivity (Wildman–Crippen MR) is 69.7 cm³/mol. The molecule has 0 unspecified atom stereocenters. The lowest BCUT2D eigenvalue weighted by molar-refractivity contribution is 0.302. The van der Waals surface area contributed by atoms with Gasteiger partial charge in [0.2, 0.25) is 0 Å². The van der Waals surface area contributed by atoms with Crippen LogP contribution in [0.3, 0.4) is 0 Å². The Labute approximate surface area is 103 Å². The van der Waals surface area contributed by atoms with E-state index in [2.05, 4.69) is 0 Å². The first-order valence-corrected chi connectivity index (χ1v) is 6.29. The zero-order valence-corrected chi connectivity index (χ0v) is 10.7. The molecule has 2 N–H and O–H groups in total. The third-order valence-corrected chi connectivity index (χ3v) is 3.72. The summed E-state index contributed by atoms with van der Waals surface area (Å²) < 4.78 is 13.5. The molecule has 0 radical (unpaired) electrons. The molecule has 3 heteroatoms. The first-order valence-electron chi connectivity index (χ1n) is 6.29. The van der Waals surface area contributed by atoms with Gasteiger partial charge in [0, 0.05) is 25.3 Å². The van der Waals surface area contributed by atoms with E-state index in [0.717, 1.165) is 36.9 Å². The van der Waals surface area contributed by atoms with Crippen molar-refractivity contribution in [3.8, 4) is 0 Å². The zero-order valence-electron chi connectivity index (χ0n) is 10.7. The summed E-state index contributed by atoms with van der Waals surface area (Å²) in [4.78, 5) is 2.01. The Morgan fingerprint density at radius 3 is 2.41 bits per heavy atom. The Bertz CT molecular complexity index is 395. The maximum absolute atomic E-state index is 13.5. The summed E-state index contributed by atoms with van der Waals surface area (Å²) in [6.07, 6.45) is 5.43. The summed E-state index contributed by atoms with van der Waals surface area (Å²) in [5, 5.41) is 0. The fourth-order valence-electron chi connectivity index (χ4n) is 2.75. The van der Waals surface area contributed by atoms with Crippen LogP contribution in [0.15, 0.2) is 18.2 Å². The molecule has 1 fully saturated rings. The molecule has 1 aromatic carbocycles. The van der Waals surface area contributed by atoms with Gasteiger partial charge in [0.1, 0.15) is 5.82 Å². The Morgan fingerprint density at radius 1 is 1.18 bits per heavy atom. The highest BCUT2D eigenvalue weighted by Crippen LogP contribution is 2.39. The molecule has 0 aliphatic heterocycles. The monoisotopic (exact) mass is 236 g/mol. The minimum absolute atomic E-state index is 0.194. The van der Waals surface area contributed by atoms with Crippen LogP contribution in [-0.2, 0) is 5.54 Å². The van der Waals surface area contributed by atoms with Crippen molar-refractivity contribution in [2.45, 2.75) is 37.6 Å². The summed E-state index contributed by atoms with van der Waals surface area (Å²) in [6, 6.07) is 4.94. The van der Waals surface area contributed by atoms with Crippen molar-refractivity contribution in [2.24, 2.45) is 5.73 Å². The summed E-state index contributed by atoms with van der Waals surface area (Å²) in [5.41, 5.74) is 8.15. The Kier molecular flexibility index (Phi) is 3.38. The third kappa shape index (κ3) is 2.44. The first kappa shape index (κ1) is 12.4. The van der Waals surface area contributed by atoms with Crippen molar-refractivity contribution in [2.75, 3.05) is 19.0 Å². The molecule has 0 aromatic heterocycles. The highest BCUT2D eigenvalue weighted by Gasteiger charge is 2.32. The van der Waals surface area contributed by atoms with Gasteiger partial charge in [-0.05, 0) is 36.6 Å². The molecule has 0 bridgehead atoms. The minimum Gasteiger partial charge on any atom is -0.377 e. The van der Waals surface area contributed by atoms with Crippen molar-refractivity contribution < 1.29 is 4.39 Å². The number of hydrogen-bond acceptors (Lipinski definition) is 2. The lowest BCUT2D eigenvalue weighted by Crippen LogP contribution is -2.39. The van der Waals surface area contributed by atoms with Crippen LogP contribution in [0.4, 0.5) is 10.1 Å². The lowest BCUT2D eigenvalue weighted by atomic mass is 9.76. The maximum atomic E-state index is 13.5. The van der Waals surface area contributed by atoms with Gasteiger partial charge in [-0.15, -0.1) is 0 Å². The molecule has 2 rings (SSSR count). The van der Waals surface area contributed by atoms with Gasteiger partial charge in [0.05, 0.1) is 0 Å². The van der Waals surface area contributed by atoms with Crippen LogP contribution in [-0.4, -0.2) is 14.1 Å². The molecule has 17 heavy (non-hydrogen) atoms. The molecule has 1 aliphatic carbocycles. The largest absolute Gasteiger partial charge is 0.377 e. The number of nitrogens with two attached hydrogens (primary N) is 1. The van der Waals surface area contributed by atoms with Crippen molar-refractivity contribution in [1.82, 2.24) is 0 Å². The average Bonchev–Trinajstić information content (AvgIpc) is 2.29. The second-order valence-electron chi connectivity index (χ2n) is 5.27. The summed E-state index contributed by atoms with van der Waals surface area (Å²) in [6.45, 7) is 0. The molecule has 0 amide bonds. The van der Waals surface area contributed by atoms with Crippen LogP contribution < -0.4 is 10.6 Å². The van der Waals surface area contributed by atoms with Gasteiger partial charge in [-0.25, -0.2) is 4.39 Å². The number of nitrogens with zero attached hydrogens (tertiary/aromatic N) is 1. The van der Waals surface area contributed by atoms with Crippen molar-refractivity contribution >= 4 is 5.69 Å². The van der Waals surface area contributed by atoms with Crippen LogP contribution >= 0.6 is 0 Å².